The lowest BCUT2D eigenvalue weighted by Gasteiger charge is -2.12. The zero-order chi connectivity index (χ0) is 16.4. The van der Waals surface area contributed by atoms with E-state index in [2.05, 4.69) is 25.7 Å². The van der Waals surface area contributed by atoms with Crippen molar-refractivity contribution in [2.45, 2.75) is 26.0 Å². The first-order valence-electron chi connectivity index (χ1n) is 7.51. The number of rotatable bonds is 5. The second kappa shape index (κ2) is 6.47. The number of carbonyl (C=O) groups is 1. The van der Waals surface area contributed by atoms with Gasteiger partial charge in [-0.1, -0.05) is 5.16 Å². The number of nitrogens with one attached hydrogen (secondary N) is 2. The average Bonchev–Trinajstić information content (AvgIpc) is 3.22. The van der Waals surface area contributed by atoms with E-state index in [-0.39, 0.29) is 17.6 Å². The quantitative estimate of drug-likeness (QED) is 0.679. The van der Waals surface area contributed by atoms with Crippen molar-refractivity contribution in [2.75, 3.05) is 20.1 Å². The van der Waals surface area contributed by atoms with E-state index in [1.165, 1.54) is 7.05 Å². The molecule has 3 rings (SSSR count). The van der Waals surface area contributed by atoms with Gasteiger partial charge >= 0.3 is 0 Å². The number of hydrogen-bond acceptors (Lipinski definition) is 7. The largest absolute Gasteiger partial charge is 0.391 e. The monoisotopic (exact) mass is 320 g/mol. The molecule has 1 amide bonds. The Morgan fingerprint density at radius 2 is 2.39 bits per heavy atom. The third kappa shape index (κ3) is 3.57. The molecule has 124 valence electrons. The number of H-pyrrole nitrogens is 1. The summed E-state index contributed by atoms with van der Waals surface area (Å²) in [5.41, 5.74) is 1.96. The molecule has 0 radical (unpaired) electrons. The van der Waals surface area contributed by atoms with Crippen LogP contribution in [0.3, 0.4) is 0 Å². The molecule has 0 unspecified atom stereocenters. The van der Waals surface area contributed by atoms with E-state index >= 15 is 0 Å². The molecule has 0 bridgehead atoms. The molecule has 2 aromatic heterocycles. The minimum atomic E-state index is -0.423. The Hall–Kier alpha value is -2.26. The maximum atomic E-state index is 11.4. The highest BCUT2D eigenvalue weighted by atomic mass is 16.5. The number of aromatic amines is 1. The Bertz CT molecular complexity index is 682. The molecule has 0 spiro atoms. The van der Waals surface area contributed by atoms with Crippen LogP contribution in [0.1, 0.15) is 27.9 Å². The predicted molar refractivity (Wildman–Crippen MR) is 79.5 cm³/mol. The van der Waals surface area contributed by atoms with Gasteiger partial charge in [0.25, 0.3) is 11.7 Å². The van der Waals surface area contributed by atoms with Crippen LogP contribution >= 0.6 is 0 Å². The molecule has 0 saturated carbocycles. The number of β-amino-alcohol motifs (C(OH)–C–C–N with tert-alkyl or cyclic N) is 1. The summed E-state index contributed by atoms with van der Waals surface area (Å²) in [4.78, 5) is 17.5. The molecule has 1 saturated heterocycles. The van der Waals surface area contributed by atoms with Crippen molar-refractivity contribution in [1.82, 2.24) is 30.6 Å². The summed E-state index contributed by atoms with van der Waals surface area (Å²) in [6, 6.07) is 1.99. The Labute approximate surface area is 133 Å². The van der Waals surface area contributed by atoms with Crippen LogP contribution in [0.5, 0.6) is 0 Å². The van der Waals surface area contributed by atoms with Gasteiger partial charge in [0.15, 0.2) is 0 Å². The number of aliphatic hydroxyl groups is 1. The third-order valence-electron chi connectivity index (χ3n) is 3.97. The van der Waals surface area contributed by atoms with Crippen LogP contribution in [0.15, 0.2) is 10.6 Å². The van der Waals surface area contributed by atoms with Crippen molar-refractivity contribution >= 4 is 5.91 Å². The van der Waals surface area contributed by atoms with Crippen LogP contribution in [0.4, 0.5) is 0 Å². The highest BCUT2D eigenvalue weighted by Gasteiger charge is 2.32. The Kier molecular flexibility index (Phi) is 4.39. The lowest BCUT2D eigenvalue weighted by Crippen LogP contribution is -2.22. The van der Waals surface area contributed by atoms with Crippen LogP contribution in [-0.4, -0.2) is 62.5 Å². The van der Waals surface area contributed by atoms with Gasteiger partial charge in [0.05, 0.1) is 18.3 Å². The summed E-state index contributed by atoms with van der Waals surface area (Å²) in [7, 11) is 1.51. The fourth-order valence-corrected chi connectivity index (χ4v) is 2.83. The number of nitrogens with zero attached hydrogens (tertiary/aromatic N) is 4. The van der Waals surface area contributed by atoms with Gasteiger partial charge in [-0.25, -0.2) is 0 Å². The molecule has 2 aromatic rings. The minimum Gasteiger partial charge on any atom is -0.391 e. The number of aliphatic hydroxyl groups excluding tert-OH is 1. The van der Waals surface area contributed by atoms with Crippen molar-refractivity contribution in [2.24, 2.45) is 5.92 Å². The maximum Gasteiger partial charge on any atom is 0.292 e. The highest BCUT2D eigenvalue weighted by molar-refractivity contribution is 5.89. The van der Waals surface area contributed by atoms with Crippen molar-refractivity contribution in [3.8, 4) is 0 Å². The van der Waals surface area contributed by atoms with Gasteiger partial charge in [-0.05, 0) is 19.4 Å². The molecule has 9 nitrogen and oxygen atoms in total. The zero-order valence-corrected chi connectivity index (χ0v) is 13.1. The van der Waals surface area contributed by atoms with E-state index in [0.29, 0.717) is 25.5 Å². The molecule has 1 fully saturated rings. The number of aromatic nitrogens is 4. The topological polar surface area (TPSA) is 120 Å². The van der Waals surface area contributed by atoms with Gasteiger partial charge in [0, 0.05) is 31.7 Å². The summed E-state index contributed by atoms with van der Waals surface area (Å²) >= 11 is 0. The van der Waals surface area contributed by atoms with E-state index in [1.807, 2.05) is 17.9 Å². The molecular formula is C14H20N6O3. The Balaban J connectivity index is 1.58. The second-order valence-electron chi connectivity index (χ2n) is 5.86. The maximum absolute atomic E-state index is 11.4. The van der Waals surface area contributed by atoms with Crippen LogP contribution in [0, 0.1) is 12.8 Å². The van der Waals surface area contributed by atoms with E-state index in [9.17, 15) is 9.90 Å². The Morgan fingerprint density at radius 3 is 3.09 bits per heavy atom. The van der Waals surface area contributed by atoms with Crippen LogP contribution in [0.2, 0.25) is 0 Å². The van der Waals surface area contributed by atoms with Crippen molar-refractivity contribution in [1.29, 1.82) is 0 Å². The number of aryl methyl sites for hydroxylation is 1. The number of likely N-dealkylation sites (tertiary alicyclic amines) is 1. The molecule has 1 aliphatic rings. The molecule has 3 heterocycles. The zero-order valence-electron chi connectivity index (χ0n) is 13.1. The van der Waals surface area contributed by atoms with Gasteiger partial charge in [-0.2, -0.15) is 10.1 Å². The fraction of sp³-hybridized carbons (Fsp3) is 0.571. The third-order valence-corrected chi connectivity index (χ3v) is 3.97. The number of amides is 1. The fourth-order valence-electron chi connectivity index (χ4n) is 2.83. The summed E-state index contributed by atoms with van der Waals surface area (Å²) in [5, 5.41) is 23.4. The molecule has 3 N–H and O–H groups in total. The van der Waals surface area contributed by atoms with E-state index in [1.54, 1.807) is 0 Å². The van der Waals surface area contributed by atoms with E-state index in [0.717, 1.165) is 17.8 Å². The Morgan fingerprint density at radius 1 is 1.57 bits per heavy atom. The van der Waals surface area contributed by atoms with E-state index < -0.39 is 6.10 Å². The van der Waals surface area contributed by atoms with Crippen molar-refractivity contribution in [3.05, 3.63) is 29.2 Å². The van der Waals surface area contributed by atoms with Gasteiger partial charge in [0.1, 0.15) is 0 Å². The average molecular weight is 320 g/mol. The number of carbonyl (C=O) groups excluding carboxylic acids is 1. The summed E-state index contributed by atoms with van der Waals surface area (Å²) < 4.78 is 5.08. The van der Waals surface area contributed by atoms with Crippen LogP contribution in [-0.2, 0) is 13.0 Å². The van der Waals surface area contributed by atoms with Crippen molar-refractivity contribution < 1.29 is 14.4 Å². The molecule has 23 heavy (non-hydrogen) atoms. The van der Waals surface area contributed by atoms with Crippen molar-refractivity contribution in [3.63, 3.8) is 0 Å². The minimum absolute atomic E-state index is 0.0193. The molecule has 2 atom stereocenters. The lowest BCUT2D eigenvalue weighted by molar-refractivity contribution is 0.0950. The van der Waals surface area contributed by atoms with Crippen LogP contribution in [0.25, 0.3) is 0 Å². The summed E-state index contributed by atoms with van der Waals surface area (Å²) in [5.74, 6) is 0.116. The normalized spacial score (nSPS) is 21.7. The lowest BCUT2D eigenvalue weighted by atomic mass is 10.0. The summed E-state index contributed by atoms with van der Waals surface area (Å²) in [6.07, 6.45) is 0.295. The summed E-state index contributed by atoms with van der Waals surface area (Å²) in [6.45, 7) is 3.61. The van der Waals surface area contributed by atoms with Gasteiger partial charge in [0.2, 0.25) is 5.89 Å². The van der Waals surface area contributed by atoms with Gasteiger partial charge in [-0.15, -0.1) is 0 Å². The first-order chi connectivity index (χ1) is 11.0. The SMILES string of the molecule is CNC(=O)c1noc(CN2C[C@@H](Cc3cc(C)[nH]n3)[C@H](O)C2)n1. The van der Waals surface area contributed by atoms with Gasteiger partial charge < -0.3 is 14.9 Å². The predicted octanol–water partition coefficient (Wildman–Crippen LogP) is -0.504. The standard InChI is InChI=1S/C14H20N6O3/c1-8-3-10(18-17-8)4-9-5-20(6-11(9)21)7-12-16-13(19-23-12)14(22)15-2/h3,9,11,21H,4-7H2,1-2H3,(H,15,22)(H,17,18)/t9-,11-/m1/s1. The molecular weight excluding hydrogens is 300 g/mol. The molecule has 0 aromatic carbocycles. The first kappa shape index (κ1) is 15.6. The molecule has 9 heteroatoms. The first-order valence-corrected chi connectivity index (χ1v) is 7.51. The van der Waals surface area contributed by atoms with Crippen LogP contribution < -0.4 is 5.32 Å². The second-order valence-corrected chi connectivity index (χ2v) is 5.86. The smallest absolute Gasteiger partial charge is 0.292 e. The van der Waals surface area contributed by atoms with Gasteiger partial charge in [-0.3, -0.25) is 14.8 Å². The number of hydrogen-bond donors (Lipinski definition) is 3. The van der Waals surface area contributed by atoms with E-state index in [4.69, 9.17) is 4.52 Å². The molecule has 1 aliphatic heterocycles. The highest BCUT2D eigenvalue weighted by Crippen LogP contribution is 2.22. The molecule has 0 aliphatic carbocycles.